The van der Waals surface area contributed by atoms with Gasteiger partial charge in [0.2, 0.25) is 11.7 Å². The first kappa shape index (κ1) is 20.1. The fourth-order valence-electron chi connectivity index (χ4n) is 3.22. The SMILES string of the molecule is CCCC(NC(C)(C)C)C(=O)C(=O)NCCC1C(=O)Nc2ccccc21. The van der Waals surface area contributed by atoms with E-state index in [1.54, 1.807) is 0 Å². The molecule has 1 aromatic carbocycles. The van der Waals surface area contributed by atoms with E-state index in [2.05, 4.69) is 16.0 Å². The first-order valence-corrected chi connectivity index (χ1v) is 9.22. The number of carbonyl (C=O) groups is 3. The average Bonchev–Trinajstić information content (AvgIpc) is 2.88. The Labute approximate surface area is 155 Å². The maximum atomic E-state index is 12.4. The van der Waals surface area contributed by atoms with Gasteiger partial charge in [0.1, 0.15) is 0 Å². The molecule has 1 aliphatic rings. The van der Waals surface area contributed by atoms with Gasteiger partial charge in [-0.1, -0.05) is 31.5 Å². The summed E-state index contributed by atoms with van der Waals surface area (Å²) in [7, 11) is 0. The number of amides is 2. The van der Waals surface area contributed by atoms with E-state index in [0.29, 0.717) is 12.8 Å². The van der Waals surface area contributed by atoms with Gasteiger partial charge in [-0.25, -0.2) is 0 Å². The number of Topliss-reactive ketones (excluding diaryl/α,β-unsaturated/α-hetero) is 1. The molecule has 1 aliphatic heterocycles. The van der Waals surface area contributed by atoms with Gasteiger partial charge < -0.3 is 16.0 Å². The van der Waals surface area contributed by atoms with Gasteiger partial charge in [0, 0.05) is 17.8 Å². The minimum Gasteiger partial charge on any atom is -0.349 e. The van der Waals surface area contributed by atoms with Crippen molar-refractivity contribution in [3.8, 4) is 0 Å². The summed E-state index contributed by atoms with van der Waals surface area (Å²) in [6, 6.07) is 7.05. The maximum Gasteiger partial charge on any atom is 0.289 e. The van der Waals surface area contributed by atoms with Crippen LogP contribution in [0.25, 0.3) is 0 Å². The van der Waals surface area contributed by atoms with E-state index in [9.17, 15) is 14.4 Å². The van der Waals surface area contributed by atoms with Crippen LogP contribution in [0.15, 0.2) is 24.3 Å². The summed E-state index contributed by atoms with van der Waals surface area (Å²) in [5.74, 6) is -1.39. The first-order valence-electron chi connectivity index (χ1n) is 9.22. The lowest BCUT2D eigenvalue weighted by molar-refractivity contribution is -0.139. The normalized spacial score (nSPS) is 17.4. The number of hydrogen-bond donors (Lipinski definition) is 3. The Balaban J connectivity index is 1.89. The van der Waals surface area contributed by atoms with Crippen LogP contribution in [0.1, 0.15) is 58.4 Å². The van der Waals surface area contributed by atoms with Crippen LogP contribution < -0.4 is 16.0 Å². The second-order valence-electron chi connectivity index (χ2n) is 7.77. The monoisotopic (exact) mass is 359 g/mol. The molecule has 0 aliphatic carbocycles. The van der Waals surface area contributed by atoms with Crippen LogP contribution in [0.2, 0.25) is 0 Å². The van der Waals surface area contributed by atoms with Crippen molar-refractivity contribution < 1.29 is 14.4 Å². The molecule has 0 aromatic heterocycles. The zero-order valence-corrected chi connectivity index (χ0v) is 16.0. The van der Waals surface area contributed by atoms with Crippen LogP contribution in [-0.2, 0) is 14.4 Å². The fourth-order valence-corrected chi connectivity index (χ4v) is 3.22. The number of para-hydroxylation sites is 1. The Morgan fingerprint density at radius 1 is 1.23 bits per heavy atom. The van der Waals surface area contributed by atoms with E-state index in [1.807, 2.05) is 52.0 Å². The Morgan fingerprint density at radius 3 is 2.58 bits per heavy atom. The Bertz CT molecular complexity index is 679. The molecule has 0 radical (unpaired) electrons. The molecule has 2 rings (SSSR count). The van der Waals surface area contributed by atoms with Crippen molar-refractivity contribution in [1.82, 2.24) is 10.6 Å². The lowest BCUT2D eigenvalue weighted by Gasteiger charge is -2.27. The van der Waals surface area contributed by atoms with E-state index in [-0.39, 0.29) is 23.9 Å². The molecular formula is C20H29N3O3. The molecule has 0 spiro atoms. The van der Waals surface area contributed by atoms with Crippen LogP contribution in [-0.4, -0.2) is 35.7 Å². The standard InChI is InChI=1S/C20H29N3O3/c1-5-8-16(23-20(2,3)4)17(24)19(26)21-12-11-14-13-9-6-7-10-15(13)22-18(14)25/h6-7,9-10,14,16,23H,5,8,11-12H2,1-4H3,(H,21,26)(H,22,25). The number of benzene rings is 1. The Hall–Kier alpha value is -2.21. The van der Waals surface area contributed by atoms with Crippen molar-refractivity contribution in [2.45, 2.75) is 64.5 Å². The maximum absolute atomic E-state index is 12.4. The van der Waals surface area contributed by atoms with Gasteiger partial charge in [0.05, 0.1) is 12.0 Å². The van der Waals surface area contributed by atoms with Crippen molar-refractivity contribution in [1.29, 1.82) is 0 Å². The number of anilines is 1. The molecule has 3 N–H and O–H groups in total. The van der Waals surface area contributed by atoms with Crippen LogP contribution in [0.4, 0.5) is 5.69 Å². The highest BCUT2D eigenvalue weighted by Gasteiger charge is 2.31. The van der Waals surface area contributed by atoms with Crippen LogP contribution >= 0.6 is 0 Å². The van der Waals surface area contributed by atoms with Gasteiger partial charge in [-0.15, -0.1) is 0 Å². The topological polar surface area (TPSA) is 87.3 Å². The molecule has 0 fully saturated rings. The molecule has 0 bridgehead atoms. The highest BCUT2D eigenvalue weighted by molar-refractivity contribution is 6.38. The number of carbonyl (C=O) groups excluding carboxylic acids is 3. The van der Waals surface area contributed by atoms with Gasteiger partial charge in [-0.05, 0) is 45.2 Å². The minimum atomic E-state index is -0.591. The largest absolute Gasteiger partial charge is 0.349 e. The van der Waals surface area contributed by atoms with Crippen molar-refractivity contribution in [3.63, 3.8) is 0 Å². The van der Waals surface area contributed by atoms with Crippen molar-refractivity contribution in [2.24, 2.45) is 0 Å². The lowest BCUT2D eigenvalue weighted by atomic mass is 9.97. The molecule has 1 heterocycles. The number of nitrogens with one attached hydrogen (secondary N) is 3. The number of rotatable bonds is 8. The minimum absolute atomic E-state index is 0.0648. The zero-order chi connectivity index (χ0) is 19.3. The molecule has 6 heteroatoms. The predicted molar refractivity (Wildman–Crippen MR) is 102 cm³/mol. The number of fused-ring (bicyclic) bond motifs is 1. The first-order chi connectivity index (χ1) is 12.2. The quantitative estimate of drug-likeness (QED) is 0.622. The number of ketones is 1. The average molecular weight is 359 g/mol. The van der Waals surface area contributed by atoms with Crippen molar-refractivity contribution >= 4 is 23.3 Å². The summed E-state index contributed by atoms with van der Waals surface area (Å²) < 4.78 is 0. The summed E-state index contributed by atoms with van der Waals surface area (Å²) in [5.41, 5.74) is 1.51. The molecular weight excluding hydrogens is 330 g/mol. The molecule has 2 atom stereocenters. The van der Waals surface area contributed by atoms with Crippen LogP contribution in [0, 0.1) is 0 Å². The third-order valence-corrected chi connectivity index (χ3v) is 4.35. The van der Waals surface area contributed by atoms with Gasteiger partial charge >= 0.3 is 0 Å². The van der Waals surface area contributed by atoms with Gasteiger partial charge in [-0.3, -0.25) is 14.4 Å². The molecule has 0 saturated carbocycles. The second-order valence-corrected chi connectivity index (χ2v) is 7.77. The third-order valence-electron chi connectivity index (χ3n) is 4.35. The van der Waals surface area contributed by atoms with Crippen LogP contribution in [0.5, 0.6) is 0 Å². The smallest absolute Gasteiger partial charge is 0.289 e. The lowest BCUT2D eigenvalue weighted by Crippen LogP contribution is -2.52. The summed E-state index contributed by atoms with van der Waals surface area (Å²) >= 11 is 0. The molecule has 2 amide bonds. The molecule has 1 aromatic rings. The van der Waals surface area contributed by atoms with E-state index < -0.39 is 17.7 Å². The Morgan fingerprint density at radius 2 is 1.92 bits per heavy atom. The number of hydrogen-bond acceptors (Lipinski definition) is 4. The molecule has 6 nitrogen and oxygen atoms in total. The van der Waals surface area contributed by atoms with Gasteiger partial charge in [0.25, 0.3) is 5.91 Å². The highest BCUT2D eigenvalue weighted by Crippen LogP contribution is 2.33. The summed E-state index contributed by atoms with van der Waals surface area (Å²) in [4.78, 5) is 36.8. The van der Waals surface area contributed by atoms with Crippen LogP contribution in [0.3, 0.4) is 0 Å². The summed E-state index contributed by atoms with van der Waals surface area (Å²) in [6.07, 6.45) is 1.89. The molecule has 142 valence electrons. The van der Waals surface area contributed by atoms with Gasteiger partial charge in [-0.2, -0.15) is 0 Å². The molecule has 2 unspecified atom stereocenters. The zero-order valence-electron chi connectivity index (χ0n) is 16.0. The molecule has 0 saturated heterocycles. The molecule has 26 heavy (non-hydrogen) atoms. The second kappa shape index (κ2) is 8.45. The summed E-state index contributed by atoms with van der Waals surface area (Å²) in [6.45, 7) is 8.18. The third kappa shape index (κ3) is 5.14. The van der Waals surface area contributed by atoms with Crippen molar-refractivity contribution in [3.05, 3.63) is 29.8 Å². The van der Waals surface area contributed by atoms with E-state index in [1.165, 1.54) is 0 Å². The van der Waals surface area contributed by atoms with E-state index >= 15 is 0 Å². The highest BCUT2D eigenvalue weighted by atomic mass is 16.2. The van der Waals surface area contributed by atoms with E-state index in [4.69, 9.17) is 0 Å². The Kier molecular flexibility index (Phi) is 6.53. The summed E-state index contributed by atoms with van der Waals surface area (Å²) in [5, 5.41) is 8.73. The van der Waals surface area contributed by atoms with Gasteiger partial charge in [0.15, 0.2) is 0 Å². The predicted octanol–water partition coefficient (Wildman–Crippen LogP) is 2.35. The van der Waals surface area contributed by atoms with Crippen molar-refractivity contribution in [2.75, 3.05) is 11.9 Å². The fraction of sp³-hybridized carbons (Fsp3) is 0.550. The van der Waals surface area contributed by atoms with E-state index in [0.717, 1.165) is 17.7 Å².